The number of nitrogens with zero attached hydrogens (tertiary/aromatic N) is 1. The molecule has 2 radical (unpaired) electrons. The van der Waals surface area contributed by atoms with Crippen LogP contribution in [0.4, 0.5) is 0 Å². The summed E-state index contributed by atoms with van der Waals surface area (Å²) in [6, 6.07) is 0. The first kappa shape index (κ1) is 21.7. The fourth-order valence-electron chi connectivity index (χ4n) is 5.64. The lowest BCUT2D eigenvalue weighted by atomic mass is 9.86. The predicted octanol–water partition coefficient (Wildman–Crippen LogP) is 6.75. The molecule has 4 rings (SSSR count). The van der Waals surface area contributed by atoms with E-state index in [1.54, 1.807) is 0 Å². The average Bonchev–Trinajstić information content (AvgIpc) is 3.21. The van der Waals surface area contributed by atoms with Gasteiger partial charge < -0.3 is 4.98 Å². The highest BCUT2D eigenvalue weighted by atomic mass is 15.0. The summed E-state index contributed by atoms with van der Waals surface area (Å²) >= 11 is 0. The van der Waals surface area contributed by atoms with Gasteiger partial charge in [-0.2, -0.15) is 0 Å². The number of aromatic amines is 1. The molecule has 2 nitrogen and oxygen atoms in total. The molecule has 0 aliphatic carbocycles. The van der Waals surface area contributed by atoms with Gasteiger partial charge in [0.1, 0.15) is 0 Å². The Kier molecular flexibility index (Phi) is 4.88. The molecule has 1 aromatic heterocycles. The van der Waals surface area contributed by atoms with Crippen LogP contribution in [0.3, 0.4) is 0 Å². The normalized spacial score (nSPS) is 15.3. The summed E-state index contributed by atoms with van der Waals surface area (Å²) in [5.74, 6) is 0. The van der Waals surface area contributed by atoms with E-state index in [9.17, 15) is 0 Å². The zero-order valence-electron chi connectivity index (χ0n) is 21.0. The van der Waals surface area contributed by atoms with E-state index in [1.807, 2.05) is 4.49 Å². The Morgan fingerprint density at radius 3 is 1.61 bits per heavy atom. The maximum absolute atomic E-state index is 6.75. The van der Waals surface area contributed by atoms with E-state index in [4.69, 9.17) is 7.98 Å². The number of hydrogen-bond acceptors (Lipinski definition) is 0. The van der Waals surface area contributed by atoms with Gasteiger partial charge in [0, 0.05) is 29.0 Å². The molecule has 158 valence electrons. The Balaban J connectivity index is 2.18. The lowest BCUT2D eigenvalue weighted by Gasteiger charge is -2.16. The van der Waals surface area contributed by atoms with E-state index >= 15 is 0 Å². The summed E-state index contributed by atoms with van der Waals surface area (Å²) in [6.07, 6.45) is 0. The lowest BCUT2D eigenvalue weighted by Crippen LogP contribution is -2.09. The molecule has 31 heavy (non-hydrogen) atoms. The van der Waals surface area contributed by atoms with Gasteiger partial charge in [-0.05, 0) is 114 Å². The fourth-order valence-corrected chi connectivity index (χ4v) is 5.64. The lowest BCUT2D eigenvalue weighted by molar-refractivity contribution is -0.252. The summed E-state index contributed by atoms with van der Waals surface area (Å²) < 4.78 is 1.91. The minimum atomic E-state index is 1.12. The smallest absolute Gasteiger partial charge is 0.358 e. The van der Waals surface area contributed by atoms with Crippen molar-refractivity contribution < 1.29 is 4.49 Å². The van der Waals surface area contributed by atoms with Crippen molar-refractivity contribution in [3.8, 4) is 0 Å². The molecular formula is C28H34BN2+. The number of allylic oxidation sites excluding steroid dienone is 1. The molecule has 0 amide bonds. The van der Waals surface area contributed by atoms with Gasteiger partial charge in [-0.1, -0.05) is 0 Å². The van der Waals surface area contributed by atoms with Crippen molar-refractivity contribution in [2.45, 2.75) is 76.2 Å². The van der Waals surface area contributed by atoms with Crippen LogP contribution >= 0.6 is 0 Å². The highest BCUT2D eigenvalue weighted by molar-refractivity contribution is 6.18. The minimum absolute atomic E-state index is 1.12. The maximum atomic E-state index is 6.75. The van der Waals surface area contributed by atoms with Crippen LogP contribution in [0.1, 0.15) is 80.9 Å². The second-order valence-electron chi connectivity index (χ2n) is 9.55. The van der Waals surface area contributed by atoms with Crippen molar-refractivity contribution in [2.24, 2.45) is 0 Å². The minimum Gasteiger partial charge on any atom is -0.358 e. The molecule has 0 atom stereocenters. The molecule has 1 N–H and O–H groups in total. The molecule has 0 saturated carbocycles. The van der Waals surface area contributed by atoms with Crippen LogP contribution in [-0.4, -0.2) is 23.2 Å². The molecular weight excluding hydrogens is 375 g/mol. The fraction of sp³-hybridized carbons (Fsp3) is 0.393. The van der Waals surface area contributed by atoms with Gasteiger partial charge in [-0.25, -0.2) is 0 Å². The van der Waals surface area contributed by atoms with E-state index in [2.05, 4.69) is 81.1 Å². The Hall–Kier alpha value is -2.55. The molecule has 0 unspecified atom stereocenters. The third-order valence-corrected chi connectivity index (χ3v) is 8.24. The number of rotatable bonds is 1. The van der Waals surface area contributed by atoms with Crippen molar-refractivity contribution in [2.75, 3.05) is 0 Å². The summed E-state index contributed by atoms with van der Waals surface area (Å²) in [7, 11) is 6.75. The Morgan fingerprint density at radius 1 is 0.613 bits per heavy atom. The molecule has 0 spiro atoms. The summed E-state index contributed by atoms with van der Waals surface area (Å²) in [4.78, 5) is 3.74. The van der Waals surface area contributed by atoms with Crippen LogP contribution in [0.2, 0.25) is 0 Å². The van der Waals surface area contributed by atoms with Gasteiger partial charge in [0.15, 0.2) is 11.4 Å². The third kappa shape index (κ3) is 2.68. The monoisotopic (exact) mass is 409 g/mol. The first-order chi connectivity index (χ1) is 14.4. The molecule has 3 heteroatoms. The SMILES string of the molecule is [B][N+]1=C(C)c2c(C)c(C)c(C)c(C)c2/C1=C(\C)c1[nH]c(C)c2c(C)c(C)c(C)c(C)c12. The average molecular weight is 409 g/mol. The second-order valence-corrected chi connectivity index (χ2v) is 9.55. The van der Waals surface area contributed by atoms with Crippen molar-refractivity contribution in [1.82, 2.24) is 4.98 Å². The summed E-state index contributed by atoms with van der Waals surface area (Å²) in [5, 5.41) is 2.69. The highest BCUT2D eigenvalue weighted by Crippen LogP contribution is 2.43. The molecule has 0 fully saturated rings. The third-order valence-electron chi connectivity index (χ3n) is 8.24. The van der Waals surface area contributed by atoms with Crippen molar-refractivity contribution in [3.63, 3.8) is 0 Å². The number of nitrogens with one attached hydrogen (secondary N) is 1. The Morgan fingerprint density at radius 2 is 1.06 bits per heavy atom. The van der Waals surface area contributed by atoms with Crippen LogP contribution in [0.5, 0.6) is 0 Å². The van der Waals surface area contributed by atoms with Crippen molar-refractivity contribution >= 4 is 35.7 Å². The first-order valence-corrected chi connectivity index (χ1v) is 11.2. The van der Waals surface area contributed by atoms with Crippen LogP contribution < -0.4 is 0 Å². The molecule has 1 aliphatic rings. The largest absolute Gasteiger partial charge is 0.587 e. The quantitative estimate of drug-likeness (QED) is 0.429. The van der Waals surface area contributed by atoms with Crippen LogP contribution in [0, 0.1) is 62.3 Å². The van der Waals surface area contributed by atoms with Gasteiger partial charge in [-0.3, -0.25) is 4.49 Å². The van der Waals surface area contributed by atoms with E-state index in [1.165, 1.54) is 83.4 Å². The molecule has 0 bridgehead atoms. The number of fused-ring (bicyclic) bond motifs is 2. The standard InChI is InChI=1S/C28H34BN2/c1-12-14(3)18(7)25-23(16(12)5)21(10)30-27(25)20(9)28-26-19(8)15(4)13(2)17(6)24(26)22(11)31(28)29/h30H,1-11H3/q+1. The Labute approximate surface area is 188 Å². The first-order valence-electron chi connectivity index (χ1n) is 11.2. The van der Waals surface area contributed by atoms with Crippen LogP contribution in [0.15, 0.2) is 0 Å². The molecule has 0 saturated heterocycles. The number of H-pyrrole nitrogens is 1. The van der Waals surface area contributed by atoms with E-state index in [0.29, 0.717) is 0 Å². The molecule has 1 aliphatic heterocycles. The number of aryl methyl sites for hydroxylation is 3. The van der Waals surface area contributed by atoms with Gasteiger partial charge in [0.05, 0.1) is 16.8 Å². The number of hydrogen-bond donors (Lipinski definition) is 1. The Bertz CT molecular complexity index is 1380. The summed E-state index contributed by atoms with van der Waals surface area (Å²) in [6.45, 7) is 24.4. The van der Waals surface area contributed by atoms with Gasteiger partial charge in [0.2, 0.25) is 0 Å². The predicted molar refractivity (Wildman–Crippen MR) is 136 cm³/mol. The van der Waals surface area contributed by atoms with Crippen molar-refractivity contribution in [1.29, 1.82) is 0 Å². The summed E-state index contributed by atoms with van der Waals surface area (Å²) in [5.41, 5.74) is 19.3. The van der Waals surface area contributed by atoms with Gasteiger partial charge in [-0.15, -0.1) is 0 Å². The van der Waals surface area contributed by atoms with E-state index in [-0.39, 0.29) is 0 Å². The second kappa shape index (κ2) is 6.98. The number of benzene rings is 2. The molecule has 3 aromatic rings. The zero-order valence-corrected chi connectivity index (χ0v) is 21.0. The zero-order chi connectivity index (χ0) is 23.1. The van der Waals surface area contributed by atoms with Crippen molar-refractivity contribution in [3.05, 3.63) is 67.0 Å². The van der Waals surface area contributed by atoms with Crippen LogP contribution in [-0.2, 0) is 0 Å². The van der Waals surface area contributed by atoms with E-state index < -0.39 is 0 Å². The molecule has 2 aromatic carbocycles. The van der Waals surface area contributed by atoms with E-state index in [0.717, 1.165) is 11.4 Å². The van der Waals surface area contributed by atoms with Crippen LogP contribution in [0.25, 0.3) is 22.0 Å². The van der Waals surface area contributed by atoms with Gasteiger partial charge >= 0.3 is 7.98 Å². The maximum Gasteiger partial charge on any atom is 0.587 e. The number of aromatic nitrogens is 1. The molecule has 2 heterocycles. The van der Waals surface area contributed by atoms with Gasteiger partial charge in [0.25, 0.3) is 0 Å². The topological polar surface area (TPSA) is 18.8 Å². The highest BCUT2D eigenvalue weighted by Gasteiger charge is 2.36.